The van der Waals surface area contributed by atoms with Crippen molar-refractivity contribution in [3.05, 3.63) is 28.7 Å². The fourth-order valence-electron chi connectivity index (χ4n) is 4.91. The number of halogens is 1. The smallest absolute Gasteiger partial charge is 0.329 e. The number of likely N-dealkylation sites (tertiary alicyclic amines) is 1. The van der Waals surface area contributed by atoms with E-state index in [2.05, 4.69) is 21.2 Å². The van der Waals surface area contributed by atoms with Gasteiger partial charge in [0, 0.05) is 10.2 Å². The van der Waals surface area contributed by atoms with Crippen molar-refractivity contribution in [2.75, 3.05) is 11.9 Å². The molecule has 2 bridgehead atoms. The number of nitrogens with one attached hydrogen (secondary N) is 1. The Hall–Kier alpha value is -2.22. The van der Waals surface area contributed by atoms with Crippen LogP contribution in [0.25, 0.3) is 0 Å². The third-order valence-electron chi connectivity index (χ3n) is 6.16. The van der Waals surface area contributed by atoms with Gasteiger partial charge in [0.1, 0.15) is 6.04 Å². The number of nitrogens with zero attached hydrogens (tertiary/aromatic N) is 1. The summed E-state index contributed by atoms with van der Waals surface area (Å²) in [6.07, 6.45) is 2.90. The lowest BCUT2D eigenvalue weighted by Gasteiger charge is -2.23. The fraction of sp³-hybridized carbons (Fsp3) is 0.500. The molecule has 2 saturated carbocycles. The van der Waals surface area contributed by atoms with E-state index in [4.69, 9.17) is 4.74 Å². The third kappa shape index (κ3) is 3.23. The molecular weight excluding hydrogens is 428 g/mol. The molecule has 7 nitrogen and oxygen atoms in total. The maximum atomic E-state index is 12.8. The van der Waals surface area contributed by atoms with Crippen LogP contribution in [0.15, 0.2) is 28.7 Å². The summed E-state index contributed by atoms with van der Waals surface area (Å²) in [5.41, 5.74) is 0.575. The molecular formula is C20H21BrN2O5. The number of amides is 3. The molecule has 2 aliphatic carbocycles. The minimum Gasteiger partial charge on any atom is -0.454 e. The number of rotatable bonds is 5. The lowest BCUT2D eigenvalue weighted by Crippen LogP contribution is -2.45. The average molecular weight is 449 g/mol. The van der Waals surface area contributed by atoms with Gasteiger partial charge in [-0.05, 0) is 62.3 Å². The molecule has 1 aromatic rings. The highest BCUT2D eigenvalue weighted by Crippen LogP contribution is 2.56. The van der Waals surface area contributed by atoms with Crippen molar-refractivity contribution in [1.82, 2.24) is 4.90 Å². The molecule has 0 unspecified atom stereocenters. The van der Waals surface area contributed by atoms with Crippen LogP contribution >= 0.6 is 15.9 Å². The number of anilines is 1. The Labute approximate surface area is 170 Å². The van der Waals surface area contributed by atoms with E-state index in [1.807, 2.05) is 0 Å². The molecule has 3 aliphatic rings. The number of fused-ring (bicyclic) bond motifs is 5. The summed E-state index contributed by atoms with van der Waals surface area (Å²) in [6.45, 7) is 1.00. The van der Waals surface area contributed by atoms with Gasteiger partial charge >= 0.3 is 5.97 Å². The van der Waals surface area contributed by atoms with E-state index in [0.29, 0.717) is 5.69 Å². The predicted octanol–water partition coefficient (Wildman–Crippen LogP) is 2.35. The molecule has 3 amide bonds. The topological polar surface area (TPSA) is 92.8 Å². The molecule has 1 aromatic carbocycles. The Balaban J connectivity index is 1.33. The summed E-state index contributed by atoms with van der Waals surface area (Å²) in [7, 11) is 0. The van der Waals surface area contributed by atoms with E-state index in [9.17, 15) is 19.2 Å². The molecule has 3 fully saturated rings. The number of hydrogen-bond acceptors (Lipinski definition) is 5. The van der Waals surface area contributed by atoms with Crippen molar-refractivity contribution in [1.29, 1.82) is 0 Å². The van der Waals surface area contributed by atoms with E-state index >= 15 is 0 Å². The van der Waals surface area contributed by atoms with Gasteiger partial charge in [0.15, 0.2) is 6.61 Å². The highest BCUT2D eigenvalue weighted by Gasteiger charge is 2.62. The molecule has 0 aromatic heterocycles. The quantitative estimate of drug-likeness (QED) is 0.551. The second-order valence-electron chi connectivity index (χ2n) is 7.77. The zero-order valence-electron chi connectivity index (χ0n) is 15.4. The second-order valence-corrected chi connectivity index (χ2v) is 8.69. The molecule has 1 saturated heterocycles. The van der Waals surface area contributed by atoms with Crippen molar-refractivity contribution in [3.63, 3.8) is 0 Å². The Morgan fingerprint density at radius 1 is 1.14 bits per heavy atom. The number of carbonyl (C=O) groups is 4. The van der Waals surface area contributed by atoms with Crippen LogP contribution in [0.5, 0.6) is 0 Å². The molecule has 8 heteroatoms. The SMILES string of the molecule is C[C@H](C(=O)OCC(=O)Nc1ccc(Br)cc1)N1C(=O)[C@@H]2[C@H]3CC[C@@H](C3)[C@@H]2C1=O. The number of hydrogen-bond donors (Lipinski definition) is 1. The number of esters is 1. The zero-order chi connectivity index (χ0) is 20.0. The van der Waals surface area contributed by atoms with Gasteiger partial charge in [-0.3, -0.25) is 19.3 Å². The van der Waals surface area contributed by atoms with Gasteiger partial charge in [0.2, 0.25) is 11.8 Å². The van der Waals surface area contributed by atoms with Gasteiger partial charge in [0.25, 0.3) is 5.91 Å². The molecule has 1 heterocycles. The standard InChI is InChI=1S/C20H21BrN2O5/c1-10(20(27)28-9-15(24)22-14-6-4-13(21)5-7-14)23-18(25)16-11-2-3-12(8-11)17(16)19(23)26/h4-7,10-12,16-17H,2-3,8-9H2,1H3,(H,22,24)/t10-,11+,12+,16-,17+/m1/s1. The van der Waals surface area contributed by atoms with Crippen LogP contribution in [0.4, 0.5) is 5.69 Å². The van der Waals surface area contributed by atoms with Gasteiger partial charge in [0.05, 0.1) is 11.8 Å². The van der Waals surface area contributed by atoms with Gasteiger partial charge in [-0.25, -0.2) is 4.79 Å². The van der Waals surface area contributed by atoms with Crippen LogP contribution in [0.1, 0.15) is 26.2 Å². The lowest BCUT2D eigenvalue weighted by molar-refractivity contribution is -0.159. The fourth-order valence-corrected chi connectivity index (χ4v) is 5.17. The molecule has 1 N–H and O–H groups in total. The summed E-state index contributed by atoms with van der Waals surface area (Å²) in [5.74, 6) is -1.79. The summed E-state index contributed by atoms with van der Waals surface area (Å²) in [5, 5.41) is 2.62. The Kier molecular flexibility index (Phi) is 4.99. The highest BCUT2D eigenvalue weighted by atomic mass is 79.9. The first-order valence-electron chi connectivity index (χ1n) is 9.45. The maximum Gasteiger partial charge on any atom is 0.329 e. The average Bonchev–Trinajstić information content (AvgIpc) is 3.35. The number of carbonyl (C=O) groups excluding carboxylic acids is 4. The van der Waals surface area contributed by atoms with Gasteiger partial charge in [-0.1, -0.05) is 15.9 Å². The first kappa shape index (κ1) is 19.1. The largest absolute Gasteiger partial charge is 0.454 e. The number of benzene rings is 1. The minimum atomic E-state index is -1.02. The van der Waals surface area contributed by atoms with E-state index < -0.39 is 24.5 Å². The van der Waals surface area contributed by atoms with Crippen LogP contribution in [-0.4, -0.2) is 41.2 Å². The summed E-state index contributed by atoms with van der Waals surface area (Å²) in [6, 6.07) is 5.95. The van der Waals surface area contributed by atoms with E-state index in [0.717, 1.165) is 28.6 Å². The molecule has 1 aliphatic heterocycles. The van der Waals surface area contributed by atoms with Crippen molar-refractivity contribution < 1.29 is 23.9 Å². The number of ether oxygens (including phenoxy) is 1. The molecule has 4 rings (SSSR count). The summed E-state index contributed by atoms with van der Waals surface area (Å²) in [4.78, 5) is 50.9. The third-order valence-corrected chi connectivity index (χ3v) is 6.69. The van der Waals surface area contributed by atoms with Crippen LogP contribution < -0.4 is 5.32 Å². The maximum absolute atomic E-state index is 12.8. The van der Waals surface area contributed by atoms with Gasteiger partial charge in [-0.2, -0.15) is 0 Å². The Morgan fingerprint density at radius 2 is 1.71 bits per heavy atom. The zero-order valence-corrected chi connectivity index (χ0v) is 17.0. The van der Waals surface area contributed by atoms with Crippen molar-refractivity contribution in [2.45, 2.75) is 32.2 Å². The molecule has 5 atom stereocenters. The van der Waals surface area contributed by atoms with Gasteiger partial charge in [-0.15, -0.1) is 0 Å². The summed E-state index contributed by atoms with van der Waals surface area (Å²) >= 11 is 3.31. The predicted molar refractivity (Wildman–Crippen MR) is 103 cm³/mol. The Morgan fingerprint density at radius 3 is 2.29 bits per heavy atom. The second kappa shape index (κ2) is 7.31. The van der Waals surface area contributed by atoms with Crippen LogP contribution in [0.3, 0.4) is 0 Å². The molecule has 148 valence electrons. The number of imide groups is 1. The Bertz CT molecular complexity index is 812. The molecule has 0 radical (unpaired) electrons. The molecule has 0 spiro atoms. The van der Waals surface area contributed by atoms with Crippen LogP contribution in [0.2, 0.25) is 0 Å². The van der Waals surface area contributed by atoms with E-state index in [1.165, 1.54) is 6.92 Å². The van der Waals surface area contributed by atoms with E-state index in [-0.39, 0.29) is 35.5 Å². The first-order chi connectivity index (χ1) is 13.4. The lowest BCUT2D eigenvalue weighted by atomic mass is 9.81. The highest BCUT2D eigenvalue weighted by molar-refractivity contribution is 9.10. The summed E-state index contributed by atoms with van der Waals surface area (Å²) < 4.78 is 5.93. The minimum absolute atomic E-state index is 0.258. The van der Waals surface area contributed by atoms with Crippen molar-refractivity contribution in [3.8, 4) is 0 Å². The van der Waals surface area contributed by atoms with Gasteiger partial charge < -0.3 is 10.1 Å². The molecule has 28 heavy (non-hydrogen) atoms. The van der Waals surface area contributed by atoms with E-state index in [1.54, 1.807) is 24.3 Å². The first-order valence-corrected chi connectivity index (χ1v) is 10.2. The normalized spacial score (nSPS) is 29.0. The monoisotopic (exact) mass is 448 g/mol. The van der Waals surface area contributed by atoms with Crippen LogP contribution in [-0.2, 0) is 23.9 Å². The van der Waals surface area contributed by atoms with Crippen molar-refractivity contribution >= 4 is 45.3 Å². The van der Waals surface area contributed by atoms with Crippen LogP contribution in [0, 0.1) is 23.7 Å². The van der Waals surface area contributed by atoms with Crippen molar-refractivity contribution in [2.24, 2.45) is 23.7 Å².